The first kappa shape index (κ1) is 17.8. The van der Waals surface area contributed by atoms with Gasteiger partial charge in [-0.15, -0.1) is 0 Å². The molecule has 3 aromatic heterocycles. The van der Waals surface area contributed by atoms with Gasteiger partial charge in [-0.3, -0.25) is 4.98 Å². The molecule has 5 rings (SSSR count). The fourth-order valence-electron chi connectivity index (χ4n) is 3.61. The van der Waals surface area contributed by atoms with Crippen molar-refractivity contribution in [2.45, 2.75) is 24.5 Å². The lowest BCUT2D eigenvalue weighted by Crippen LogP contribution is -2.34. The fraction of sp³-hybridized carbons (Fsp3) is 0.250. The predicted molar refractivity (Wildman–Crippen MR) is 105 cm³/mol. The molecule has 1 saturated heterocycles. The summed E-state index contributed by atoms with van der Waals surface area (Å²) >= 11 is 0. The highest BCUT2D eigenvalue weighted by molar-refractivity contribution is 5.86. The molecule has 29 heavy (non-hydrogen) atoms. The largest absolute Gasteiger partial charge is 0.491 e. The molecule has 4 heterocycles. The van der Waals surface area contributed by atoms with Gasteiger partial charge in [-0.2, -0.15) is 0 Å². The molecule has 1 fully saturated rings. The van der Waals surface area contributed by atoms with E-state index in [4.69, 9.17) is 15.2 Å². The van der Waals surface area contributed by atoms with E-state index in [-0.39, 0.29) is 6.61 Å². The molecule has 9 nitrogen and oxygen atoms in total. The summed E-state index contributed by atoms with van der Waals surface area (Å²) in [4.78, 5) is 12.4. The van der Waals surface area contributed by atoms with Crippen molar-refractivity contribution in [1.29, 1.82) is 0 Å². The summed E-state index contributed by atoms with van der Waals surface area (Å²) in [5.74, 6) is 0.971. The lowest BCUT2D eigenvalue weighted by Gasteiger charge is -2.17. The van der Waals surface area contributed by atoms with Crippen LogP contribution in [0.5, 0.6) is 5.75 Å². The van der Waals surface area contributed by atoms with Crippen LogP contribution < -0.4 is 10.5 Å². The number of hydrogen-bond donors (Lipinski definition) is 3. The SMILES string of the molecule is Nc1ncnc2c1ccn2[C@@H]1O[C@H](COc2ccc3ncccc3c2)[C@@H](O)[C@H]1O. The molecular weight excluding hydrogens is 374 g/mol. The van der Waals surface area contributed by atoms with E-state index < -0.39 is 24.5 Å². The summed E-state index contributed by atoms with van der Waals surface area (Å²) in [6.07, 6.45) is 1.01. The fourth-order valence-corrected chi connectivity index (χ4v) is 3.61. The maximum atomic E-state index is 10.5. The first-order valence-electron chi connectivity index (χ1n) is 9.18. The van der Waals surface area contributed by atoms with Crippen LogP contribution in [-0.4, -0.2) is 54.7 Å². The Kier molecular flexibility index (Phi) is 4.27. The zero-order valence-electron chi connectivity index (χ0n) is 15.3. The number of ether oxygens (including phenoxy) is 2. The number of nitrogens with zero attached hydrogens (tertiary/aromatic N) is 4. The van der Waals surface area contributed by atoms with Crippen LogP contribution in [0.1, 0.15) is 6.23 Å². The lowest BCUT2D eigenvalue weighted by atomic mass is 10.1. The number of aliphatic hydroxyl groups is 2. The Morgan fingerprint density at radius 2 is 2.00 bits per heavy atom. The van der Waals surface area contributed by atoms with Gasteiger partial charge in [-0.1, -0.05) is 6.07 Å². The summed E-state index contributed by atoms with van der Waals surface area (Å²) in [6, 6.07) is 11.1. The van der Waals surface area contributed by atoms with Crippen molar-refractivity contribution >= 4 is 27.8 Å². The number of hydrogen-bond acceptors (Lipinski definition) is 8. The Morgan fingerprint density at radius 3 is 2.90 bits per heavy atom. The number of nitrogen functional groups attached to an aromatic ring is 1. The van der Waals surface area contributed by atoms with E-state index in [1.807, 2.05) is 30.3 Å². The molecule has 1 aromatic carbocycles. The number of rotatable bonds is 4. The van der Waals surface area contributed by atoms with Gasteiger partial charge in [0.15, 0.2) is 6.23 Å². The molecule has 0 unspecified atom stereocenters. The monoisotopic (exact) mass is 393 g/mol. The van der Waals surface area contributed by atoms with Crippen molar-refractivity contribution in [2.75, 3.05) is 12.3 Å². The number of anilines is 1. The third-order valence-electron chi connectivity index (χ3n) is 5.14. The van der Waals surface area contributed by atoms with Gasteiger partial charge in [0.25, 0.3) is 0 Å². The maximum absolute atomic E-state index is 10.5. The highest BCUT2D eigenvalue weighted by atomic mass is 16.6. The number of nitrogens with two attached hydrogens (primary N) is 1. The Balaban J connectivity index is 1.34. The third kappa shape index (κ3) is 3.05. The standard InChI is InChI=1S/C20H19N5O4/c21-18-13-5-7-25(19(13)24-10-23-18)20-17(27)16(26)15(29-20)9-28-12-3-4-14-11(8-12)2-1-6-22-14/h1-8,10,15-17,20,26-27H,9H2,(H2,21,23,24)/t15-,16-,17-,20-/m1/s1. The van der Waals surface area contributed by atoms with Crippen molar-refractivity contribution in [3.05, 3.63) is 55.1 Å². The molecule has 0 radical (unpaired) electrons. The second-order valence-corrected chi connectivity index (χ2v) is 6.93. The minimum Gasteiger partial charge on any atom is -0.491 e. The highest BCUT2D eigenvalue weighted by Gasteiger charge is 2.44. The quantitative estimate of drug-likeness (QED) is 0.473. The smallest absolute Gasteiger partial charge is 0.164 e. The van der Waals surface area contributed by atoms with Crippen LogP contribution in [0, 0.1) is 0 Å². The summed E-state index contributed by atoms with van der Waals surface area (Å²) in [7, 11) is 0. The summed E-state index contributed by atoms with van der Waals surface area (Å²) in [6.45, 7) is 0.0802. The molecule has 0 bridgehead atoms. The number of benzene rings is 1. The van der Waals surface area contributed by atoms with Crippen molar-refractivity contribution in [1.82, 2.24) is 19.5 Å². The molecule has 4 atom stereocenters. The third-order valence-corrected chi connectivity index (χ3v) is 5.14. The molecule has 148 valence electrons. The van der Waals surface area contributed by atoms with E-state index in [0.29, 0.717) is 22.6 Å². The molecule has 0 saturated carbocycles. The van der Waals surface area contributed by atoms with Crippen LogP contribution in [0.3, 0.4) is 0 Å². The minimum atomic E-state index is -1.14. The minimum absolute atomic E-state index is 0.0802. The van der Waals surface area contributed by atoms with E-state index >= 15 is 0 Å². The van der Waals surface area contributed by atoms with Crippen LogP contribution in [0.2, 0.25) is 0 Å². The second-order valence-electron chi connectivity index (χ2n) is 6.93. The van der Waals surface area contributed by atoms with Crippen molar-refractivity contribution in [2.24, 2.45) is 0 Å². The van der Waals surface area contributed by atoms with E-state index in [0.717, 1.165) is 10.9 Å². The molecule has 0 spiro atoms. The molecular formula is C20H19N5O4. The molecule has 0 aliphatic carbocycles. The average molecular weight is 393 g/mol. The highest BCUT2D eigenvalue weighted by Crippen LogP contribution is 2.33. The first-order chi connectivity index (χ1) is 14.1. The maximum Gasteiger partial charge on any atom is 0.164 e. The molecule has 9 heteroatoms. The summed E-state index contributed by atoms with van der Waals surface area (Å²) in [5.41, 5.74) is 7.26. The molecule has 1 aliphatic heterocycles. The number of fused-ring (bicyclic) bond motifs is 2. The average Bonchev–Trinajstić information content (AvgIpc) is 3.29. The van der Waals surface area contributed by atoms with Gasteiger partial charge in [-0.25, -0.2) is 9.97 Å². The zero-order valence-corrected chi connectivity index (χ0v) is 15.3. The first-order valence-corrected chi connectivity index (χ1v) is 9.18. The van der Waals surface area contributed by atoms with E-state index in [2.05, 4.69) is 15.0 Å². The van der Waals surface area contributed by atoms with Crippen LogP contribution in [0.25, 0.3) is 21.9 Å². The van der Waals surface area contributed by atoms with Crippen LogP contribution >= 0.6 is 0 Å². The van der Waals surface area contributed by atoms with Crippen molar-refractivity contribution < 1.29 is 19.7 Å². The van der Waals surface area contributed by atoms with E-state index in [9.17, 15) is 10.2 Å². The molecule has 4 N–H and O–H groups in total. The van der Waals surface area contributed by atoms with Crippen molar-refractivity contribution in [3.8, 4) is 5.75 Å². The molecule has 1 aliphatic rings. The Labute approximate surface area is 165 Å². The van der Waals surface area contributed by atoms with Gasteiger partial charge in [0.05, 0.1) is 10.9 Å². The summed E-state index contributed by atoms with van der Waals surface area (Å²) in [5, 5.41) is 22.6. The molecule has 4 aromatic rings. The number of aromatic nitrogens is 4. The van der Waals surface area contributed by atoms with E-state index in [1.54, 1.807) is 23.0 Å². The predicted octanol–water partition coefficient (Wildman–Crippen LogP) is 1.26. The van der Waals surface area contributed by atoms with Gasteiger partial charge in [0.2, 0.25) is 0 Å². The normalized spacial score (nSPS) is 24.3. The van der Waals surface area contributed by atoms with E-state index in [1.165, 1.54) is 6.33 Å². The van der Waals surface area contributed by atoms with Crippen LogP contribution in [0.4, 0.5) is 5.82 Å². The Bertz CT molecular complexity index is 1180. The number of aliphatic hydroxyl groups excluding tert-OH is 2. The summed E-state index contributed by atoms with van der Waals surface area (Å²) < 4.78 is 13.4. The van der Waals surface area contributed by atoms with Gasteiger partial charge in [0.1, 0.15) is 48.5 Å². The van der Waals surface area contributed by atoms with Crippen molar-refractivity contribution in [3.63, 3.8) is 0 Å². The van der Waals surface area contributed by atoms with Gasteiger partial charge in [0, 0.05) is 17.8 Å². The molecule has 0 amide bonds. The Morgan fingerprint density at radius 1 is 1.10 bits per heavy atom. The number of pyridine rings is 1. The van der Waals surface area contributed by atoms with Crippen LogP contribution in [-0.2, 0) is 4.74 Å². The van der Waals surface area contributed by atoms with Crippen LogP contribution in [0.15, 0.2) is 55.1 Å². The Hall–Kier alpha value is -3.27. The van der Waals surface area contributed by atoms with Gasteiger partial charge < -0.3 is 30.0 Å². The topological polar surface area (TPSA) is 129 Å². The van der Waals surface area contributed by atoms with Gasteiger partial charge in [-0.05, 0) is 30.3 Å². The second kappa shape index (κ2) is 6.96. The zero-order chi connectivity index (χ0) is 20.0. The lowest BCUT2D eigenvalue weighted by molar-refractivity contribution is -0.0471. The van der Waals surface area contributed by atoms with Gasteiger partial charge >= 0.3 is 0 Å².